The maximum atomic E-state index is 13.6. The van der Waals surface area contributed by atoms with Crippen LogP contribution in [0.15, 0.2) is 48.5 Å². The molecule has 2 aromatic carbocycles. The molecule has 2 amide bonds. The van der Waals surface area contributed by atoms with Crippen molar-refractivity contribution < 1.29 is 9.59 Å². The first-order valence-corrected chi connectivity index (χ1v) is 13.3. The van der Waals surface area contributed by atoms with Gasteiger partial charge in [0, 0.05) is 18.8 Å². The highest BCUT2D eigenvalue weighted by Crippen LogP contribution is 2.33. The lowest BCUT2D eigenvalue weighted by Crippen LogP contribution is -2.42. The minimum absolute atomic E-state index is 0.100. The third-order valence-corrected chi connectivity index (χ3v) is 8.11. The highest BCUT2D eigenvalue weighted by Gasteiger charge is 2.33. The van der Waals surface area contributed by atoms with E-state index in [1.54, 1.807) is 18.7 Å². The Bertz CT molecular complexity index is 1430. The van der Waals surface area contributed by atoms with Gasteiger partial charge in [-0.05, 0) is 38.5 Å². The summed E-state index contributed by atoms with van der Waals surface area (Å²) < 4.78 is 0. The molecular formula is C26H25N5O2S2. The van der Waals surface area contributed by atoms with Crippen molar-refractivity contribution in [2.45, 2.75) is 26.1 Å². The molecule has 2 aromatic heterocycles. The zero-order valence-corrected chi connectivity index (χ0v) is 21.4. The number of nitrogens with one attached hydrogen (secondary N) is 1. The van der Waals surface area contributed by atoms with Crippen LogP contribution in [0.25, 0.3) is 21.5 Å². The molecule has 3 heterocycles. The molecule has 1 saturated heterocycles. The number of fused-ring (bicyclic) bond motifs is 1. The molecule has 4 aromatic rings. The predicted octanol–water partition coefficient (Wildman–Crippen LogP) is 4.62. The molecule has 1 aliphatic rings. The minimum atomic E-state index is -0.286. The summed E-state index contributed by atoms with van der Waals surface area (Å²) in [7, 11) is 0. The van der Waals surface area contributed by atoms with Crippen LogP contribution < -0.4 is 5.32 Å². The average Bonchev–Trinajstić information content (AvgIpc) is 3.48. The van der Waals surface area contributed by atoms with Crippen LogP contribution in [0.1, 0.15) is 37.2 Å². The van der Waals surface area contributed by atoms with E-state index in [1.807, 2.05) is 61.2 Å². The molecule has 1 N–H and O–H groups in total. The van der Waals surface area contributed by atoms with E-state index in [4.69, 9.17) is 0 Å². The smallest absolute Gasteiger partial charge is 0.274 e. The molecule has 0 aliphatic carbocycles. The molecule has 0 bridgehead atoms. The Balaban J connectivity index is 1.33. The fourth-order valence-corrected chi connectivity index (χ4v) is 6.24. The summed E-state index contributed by atoms with van der Waals surface area (Å²) >= 11 is 3.19. The van der Waals surface area contributed by atoms with Gasteiger partial charge >= 0.3 is 0 Å². The van der Waals surface area contributed by atoms with E-state index < -0.39 is 0 Å². The second-order valence-corrected chi connectivity index (χ2v) is 10.9. The average molecular weight is 504 g/mol. The number of amides is 2. The van der Waals surface area contributed by atoms with Crippen LogP contribution in [0.3, 0.4) is 0 Å². The third kappa shape index (κ3) is 4.78. The Morgan fingerprint density at radius 1 is 1.00 bits per heavy atom. The maximum absolute atomic E-state index is 13.6. The standard InChI is InChI=1S/C26H25N5O2S2/c1-15-7-6-8-18(13-15)24-23(29-17(3)35-24)26(33)31-11-12-34-21(31)14-27-25(32)22-16(2)28-19-9-4-5-10-20(19)30-22/h4-10,13,21H,11-12,14H2,1-3H3,(H,27,32). The van der Waals surface area contributed by atoms with E-state index in [1.165, 1.54) is 11.3 Å². The van der Waals surface area contributed by atoms with Crippen LogP contribution >= 0.6 is 23.1 Å². The van der Waals surface area contributed by atoms with Crippen molar-refractivity contribution in [3.8, 4) is 10.4 Å². The summed E-state index contributed by atoms with van der Waals surface area (Å²) in [6.07, 6.45) is 0. The molecule has 7 nitrogen and oxygen atoms in total. The summed E-state index contributed by atoms with van der Waals surface area (Å²) in [5.41, 5.74) is 4.94. The molecule has 0 saturated carbocycles. The van der Waals surface area contributed by atoms with Crippen molar-refractivity contribution in [2.75, 3.05) is 18.8 Å². The summed E-state index contributed by atoms with van der Waals surface area (Å²) in [6, 6.07) is 15.6. The second kappa shape index (κ2) is 9.75. The number of thiazole rings is 1. The van der Waals surface area contributed by atoms with Gasteiger partial charge in [0.25, 0.3) is 11.8 Å². The van der Waals surface area contributed by atoms with Crippen molar-refractivity contribution in [3.05, 3.63) is 76.2 Å². The first-order valence-electron chi connectivity index (χ1n) is 11.4. The topological polar surface area (TPSA) is 88.1 Å². The fourth-order valence-electron chi connectivity index (χ4n) is 4.18. The number of benzene rings is 2. The number of para-hydroxylation sites is 2. The van der Waals surface area contributed by atoms with Crippen LogP contribution in [-0.2, 0) is 0 Å². The van der Waals surface area contributed by atoms with Gasteiger partial charge in [0.05, 0.1) is 32.0 Å². The van der Waals surface area contributed by atoms with Gasteiger partial charge in [0.2, 0.25) is 0 Å². The SMILES string of the molecule is Cc1cccc(-c2sc(C)nc2C(=O)N2CCSC2CNC(=O)c2nc3ccccc3nc2C)c1. The number of carbonyl (C=O) groups excluding carboxylic acids is 2. The summed E-state index contributed by atoms with van der Waals surface area (Å²) in [6.45, 7) is 6.68. The molecule has 178 valence electrons. The van der Waals surface area contributed by atoms with Gasteiger partial charge in [-0.15, -0.1) is 23.1 Å². The van der Waals surface area contributed by atoms with E-state index in [0.717, 1.165) is 32.3 Å². The van der Waals surface area contributed by atoms with Crippen molar-refractivity contribution >= 4 is 45.9 Å². The molecule has 1 atom stereocenters. The van der Waals surface area contributed by atoms with Gasteiger partial charge in [-0.3, -0.25) is 9.59 Å². The van der Waals surface area contributed by atoms with E-state index in [-0.39, 0.29) is 17.2 Å². The van der Waals surface area contributed by atoms with Gasteiger partial charge in [-0.25, -0.2) is 15.0 Å². The van der Waals surface area contributed by atoms with Gasteiger partial charge in [0.1, 0.15) is 11.4 Å². The van der Waals surface area contributed by atoms with Gasteiger partial charge in [-0.1, -0.05) is 42.0 Å². The first kappa shape index (κ1) is 23.4. The van der Waals surface area contributed by atoms with Crippen LogP contribution in [0.4, 0.5) is 0 Å². The van der Waals surface area contributed by atoms with Gasteiger partial charge in [0.15, 0.2) is 0 Å². The zero-order valence-electron chi connectivity index (χ0n) is 19.7. The van der Waals surface area contributed by atoms with Crippen LogP contribution in [0.5, 0.6) is 0 Å². The number of rotatable bonds is 5. The number of aryl methyl sites for hydroxylation is 3. The number of nitrogens with zero attached hydrogens (tertiary/aromatic N) is 4. The largest absolute Gasteiger partial charge is 0.348 e. The molecule has 1 fully saturated rings. The Kier molecular flexibility index (Phi) is 6.53. The second-order valence-electron chi connectivity index (χ2n) is 8.46. The molecular weight excluding hydrogens is 478 g/mol. The van der Waals surface area contributed by atoms with Crippen molar-refractivity contribution in [2.24, 2.45) is 0 Å². The lowest BCUT2D eigenvalue weighted by Gasteiger charge is -2.24. The van der Waals surface area contributed by atoms with E-state index in [2.05, 4.69) is 26.3 Å². The zero-order chi connectivity index (χ0) is 24.5. The van der Waals surface area contributed by atoms with Crippen molar-refractivity contribution in [1.82, 2.24) is 25.2 Å². The van der Waals surface area contributed by atoms with Gasteiger partial charge in [-0.2, -0.15) is 0 Å². The van der Waals surface area contributed by atoms with E-state index in [0.29, 0.717) is 35.7 Å². The van der Waals surface area contributed by atoms with Crippen LogP contribution in [0, 0.1) is 20.8 Å². The Labute approximate surface area is 212 Å². The Hall–Kier alpha value is -3.30. The first-order chi connectivity index (χ1) is 16.9. The van der Waals surface area contributed by atoms with E-state index in [9.17, 15) is 9.59 Å². The Morgan fingerprint density at radius 3 is 2.54 bits per heavy atom. The normalized spacial score (nSPS) is 15.5. The van der Waals surface area contributed by atoms with Crippen LogP contribution in [-0.4, -0.2) is 55.9 Å². The minimum Gasteiger partial charge on any atom is -0.348 e. The quantitative estimate of drug-likeness (QED) is 0.427. The summed E-state index contributed by atoms with van der Waals surface area (Å²) in [5, 5.41) is 3.65. The Morgan fingerprint density at radius 2 is 1.77 bits per heavy atom. The lowest BCUT2D eigenvalue weighted by molar-refractivity contribution is 0.0746. The maximum Gasteiger partial charge on any atom is 0.274 e. The number of carbonyl (C=O) groups is 2. The number of thioether (sulfide) groups is 1. The fraction of sp³-hybridized carbons (Fsp3) is 0.269. The summed E-state index contributed by atoms with van der Waals surface area (Å²) in [4.78, 5) is 42.8. The van der Waals surface area contributed by atoms with Crippen molar-refractivity contribution in [1.29, 1.82) is 0 Å². The van der Waals surface area contributed by atoms with Gasteiger partial charge < -0.3 is 10.2 Å². The molecule has 5 rings (SSSR count). The molecule has 1 unspecified atom stereocenters. The molecule has 0 spiro atoms. The lowest BCUT2D eigenvalue weighted by atomic mass is 10.1. The number of hydrogen-bond donors (Lipinski definition) is 1. The predicted molar refractivity (Wildman–Crippen MR) is 141 cm³/mol. The highest BCUT2D eigenvalue weighted by atomic mass is 32.2. The monoisotopic (exact) mass is 503 g/mol. The molecule has 1 aliphatic heterocycles. The van der Waals surface area contributed by atoms with E-state index >= 15 is 0 Å². The number of hydrogen-bond acceptors (Lipinski definition) is 7. The summed E-state index contributed by atoms with van der Waals surface area (Å²) in [5.74, 6) is 0.423. The molecule has 35 heavy (non-hydrogen) atoms. The molecule has 0 radical (unpaired) electrons. The number of aromatic nitrogens is 3. The van der Waals surface area contributed by atoms with Crippen LogP contribution in [0.2, 0.25) is 0 Å². The van der Waals surface area contributed by atoms with Crippen molar-refractivity contribution in [3.63, 3.8) is 0 Å². The third-order valence-electron chi connectivity index (χ3n) is 5.87. The molecule has 9 heteroatoms. The highest BCUT2D eigenvalue weighted by molar-refractivity contribution is 8.00.